The quantitative estimate of drug-likeness (QED) is 0.853. The van der Waals surface area contributed by atoms with Gasteiger partial charge in [-0.05, 0) is 43.6 Å². The SMILES string of the molecule is Cc1c(Br)c(C(N)=O)nn1CC(=O)OC(C)(C)C. The Bertz CT molecular complexity index is 488. The van der Waals surface area contributed by atoms with Gasteiger partial charge in [0.25, 0.3) is 5.91 Å². The van der Waals surface area contributed by atoms with Crippen LogP contribution in [0, 0.1) is 6.92 Å². The van der Waals surface area contributed by atoms with Crippen molar-refractivity contribution in [3.05, 3.63) is 15.9 Å². The van der Waals surface area contributed by atoms with E-state index in [4.69, 9.17) is 10.5 Å². The molecular formula is C11H16BrN3O3. The molecule has 0 bridgehead atoms. The zero-order valence-electron chi connectivity index (χ0n) is 10.8. The van der Waals surface area contributed by atoms with E-state index in [1.54, 1.807) is 27.7 Å². The zero-order chi connectivity index (χ0) is 14.1. The highest BCUT2D eigenvalue weighted by molar-refractivity contribution is 9.10. The molecule has 1 aromatic heterocycles. The molecule has 0 aliphatic carbocycles. The number of hydrogen-bond donors (Lipinski definition) is 1. The first kappa shape index (κ1) is 14.7. The minimum atomic E-state index is -0.645. The normalized spacial score (nSPS) is 11.4. The third-order valence-corrected chi connectivity index (χ3v) is 3.02. The highest BCUT2D eigenvalue weighted by atomic mass is 79.9. The summed E-state index contributed by atoms with van der Waals surface area (Å²) in [6.45, 7) is 7.02. The Morgan fingerprint density at radius 2 is 2.00 bits per heavy atom. The van der Waals surface area contributed by atoms with E-state index in [9.17, 15) is 9.59 Å². The standard InChI is InChI=1S/C11H16BrN3O3/c1-6-8(12)9(10(13)17)14-15(6)5-7(16)18-11(2,3)4/h5H2,1-4H3,(H2,13,17). The Labute approximate surface area is 114 Å². The number of amides is 1. The van der Waals surface area contributed by atoms with E-state index in [0.29, 0.717) is 10.2 Å². The molecule has 1 rings (SSSR count). The third-order valence-electron chi connectivity index (χ3n) is 2.07. The number of carbonyl (C=O) groups excluding carboxylic acids is 2. The molecule has 0 fully saturated rings. The molecule has 0 radical (unpaired) electrons. The van der Waals surface area contributed by atoms with Gasteiger partial charge in [-0.25, -0.2) is 0 Å². The lowest BCUT2D eigenvalue weighted by atomic mass is 10.2. The number of nitrogens with two attached hydrogens (primary N) is 1. The van der Waals surface area contributed by atoms with Gasteiger partial charge in [0.1, 0.15) is 12.1 Å². The van der Waals surface area contributed by atoms with Crippen LogP contribution in [0.25, 0.3) is 0 Å². The summed E-state index contributed by atoms with van der Waals surface area (Å²) in [4.78, 5) is 22.8. The van der Waals surface area contributed by atoms with Crippen molar-refractivity contribution in [2.75, 3.05) is 0 Å². The van der Waals surface area contributed by atoms with Gasteiger partial charge in [-0.1, -0.05) is 0 Å². The fourth-order valence-corrected chi connectivity index (χ4v) is 1.81. The summed E-state index contributed by atoms with van der Waals surface area (Å²) in [5, 5.41) is 3.97. The lowest BCUT2D eigenvalue weighted by Gasteiger charge is -2.19. The predicted molar refractivity (Wildman–Crippen MR) is 69.0 cm³/mol. The van der Waals surface area contributed by atoms with E-state index in [1.807, 2.05) is 0 Å². The van der Waals surface area contributed by atoms with Crippen molar-refractivity contribution in [1.29, 1.82) is 0 Å². The number of hydrogen-bond acceptors (Lipinski definition) is 4. The van der Waals surface area contributed by atoms with Crippen LogP contribution in [0.5, 0.6) is 0 Å². The fraction of sp³-hybridized carbons (Fsp3) is 0.545. The first-order valence-corrected chi connectivity index (χ1v) is 6.15. The molecule has 18 heavy (non-hydrogen) atoms. The first-order chi connectivity index (χ1) is 8.11. The van der Waals surface area contributed by atoms with Crippen LogP contribution in [-0.4, -0.2) is 27.3 Å². The summed E-state index contributed by atoms with van der Waals surface area (Å²) in [5.74, 6) is -1.07. The van der Waals surface area contributed by atoms with Gasteiger partial charge < -0.3 is 10.5 Å². The van der Waals surface area contributed by atoms with Crippen molar-refractivity contribution >= 4 is 27.8 Å². The van der Waals surface area contributed by atoms with E-state index in [2.05, 4.69) is 21.0 Å². The molecule has 0 spiro atoms. The van der Waals surface area contributed by atoms with Crippen molar-refractivity contribution in [3.8, 4) is 0 Å². The number of esters is 1. The van der Waals surface area contributed by atoms with E-state index in [-0.39, 0.29) is 12.2 Å². The molecule has 1 aromatic rings. The van der Waals surface area contributed by atoms with E-state index >= 15 is 0 Å². The number of carbonyl (C=O) groups is 2. The smallest absolute Gasteiger partial charge is 0.328 e. The molecule has 0 aromatic carbocycles. The second-order valence-electron chi connectivity index (χ2n) is 4.86. The van der Waals surface area contributed by atoms with E-state index in [1.165, 1.54) is 4.68 Å². The van der Waals surface area contributed by atoms with Crippen LogP contribution in [0.15, 0.2) is 4.47 Å². The molecule has 0 saturated heterocycles. The van der Waals surface area contributed by atoms with Crippen LogP contribution < -0.4 is 5.73 Å². The molecule has 0 aliphatic rings. The Morgan fingerprint density at radius 1 is 1.44 bits per heavy atom. The Kier molecular flexibility index (Phi) is 4.16. The molecule has 1 amide bonds. The van der Waals surface area contributed by atoms with Crippen LogP contribution >= 0.6 is 15.9 Å². The highest BCUT2D eigenvalue weighted by Gasteiger charge is 2.21. The van der Waals surface area contributed by atoms with Crippen LogP contribution in [0.2, 0.25) is 0 Å². The van der Waals surface area contributed by atoms with Crippen molar-refractivity contribution in [3.63, 3.8) is 0 Å². The lowest BCUT2D eigenvalue weighted by Crippen LogP contribution is -2.27. The number of aromatic nitrogens is 2. The number of primary amides is 1. The van der Waals surface area contributed by atoms with Crippen LogP contribution in [-0.2, 0) is 16.1 Å². The summed E-state index contributed by atoms with van der Waals surface area (Å²) in [7, 11) is 0. The van der Waals surface area contributed by atoms with Gasteiger partial charge in [-0.15, -0.1) is 0 Å². The fourth-order valence-electron chi connectivity index (χ4n) is 1.33. The first-order valence-electron chi connectivity index (χ1n) is 5.36. The van der Waals surface area contributed by atoms with E-state index in [0.717, 1.165) is 0 Å². The maximum atomic E-state index is 11.7. The number of rotatable bonds is 3. The highest BCUT2D eigenvalue weighted by Crippen LogP contribution is 2.20. The molecule has 0 aliphatic heterocycles. The van der Waals surface area contributed by atoms with Gasteiger partial charge in [0.15, 0.2) is 5.69 Å². The van der Waals surface area contributed by atoms with Gasteiger partial charge in [0.05, 0.1) is 10.2 Å². The molecule has 0 unspecified atom stereocenters. The molecule has 0 saturated carbocycles. The molecule has 0 atom stereocenters. The molecule has 100 valence electrons. The summed E-state index contributed by atoms with van der Waals surface area (Å²) >= 11 is 3.22. The van der Waals surface area contributed by atoms with Crippen LogP contribution in [0.4, 0.5) is 0 Å². The second-order valence-corrected chi connectivity index (χ2v) is 5.65. The minimum Gasteiger partial charge on any atom is -0.459 e. The molecule has 6 nitrogen and oxygen atoms in total. The van der Waals surface area contributed by atoms with Crippen molar-refractivity contribution in [2.24, 2.45) is 5.73 Å². The largest absolute Gasteiger partial charge is 0.459 e. The zero-order valence-corrected chi connectivity index (χ0v) is 12.4. The van der Waals surface area contributed by atoms with E-state index < -0.39 is 17.5 Å². The van der Waals surface area contributed by atoms with Gasteiger partial charge in [-0.2, -0.15) is 5.10 Å². The Morgan fingerprint density at radius 3 is 2.39 bits per heavy atom. The Balaban J connectivity index is 2.89. The molecule has 7 heteroatoms. The van der Waals surface area contributed by atoms with Crippen molar-refractivity contribution in [2.45, 2.75) is 39.8 Å². The molecular weight excluding hydrogens is 302 g/mol. The van der Waals surface area contributed by atoms with Crippen LogP contribution in [0.3, 0.4) is 0 Å². The summed E-state index contributed by atoms with van der Waals surface area (Å²) < 4.78 is 7.06. The maximum absolute atomic E-state index is 11.7. The number of ether oxygens (including phenoxy) is 1. The molecule has 2 N–H and O–H groups in total. The van der Waals surface area contributed by atoms with Gasteiger partial charge in [0, 0.05) is 0 Å². The minimum absolute atomic E-state index is 0.0605. The third kappa shape index (κ3) is 3.56. The van der Waals surface area contributed by atoms with Gasteiger partial charge >= 0.3 is 5.97 Å². The topological polar surface area (TPSA) is 87.2 Å². The summed E-state index contributed by atoms with van der Waals surface area (Å²) in [5.41, 5.74) is 5.37. The Hall–Kier alpha value is -1.37. The predicted octanol–water partition coefficient (Wildman–Crippen LogP) is 1.39. The maximum Gasteiger partial charge on any atom is 0.328 e. The lowest BCUT2D eigenvalue weighted by molar-refractivity contribution is -0.155. The number of halogens is 1. The van der Waals surface area contributed by atoms with Crippen LogP contribution in [0.1, 0.15) is 37.0 Å². The average molecular weight is 318 g/mol. The molecule has 1 heterocycles. The van der Waals surface area contributed by atoms with Gasteiger partial charge in [0.2, 0.25) is 0 Å². The second kappa shape index (κ2) is 5.09. The van der Waals surface area contributed by atoms with Gasteiger partial charge in [-0.3, -0.25) is 14.3 Å². The summed E-state index contributed by atoms with van der Waals surface area (Å²) in [6.07, 6.45) is 0. The monoisotopic (exact) mass is 317 g/mol. The number of nitrogens with zero attached hydrogens (tertiary/aromatic N) is 2. The van der Waals surface area contributed by atoms with Crippen molar-refractivity contribution < 1.29 is 14.3 Å². The van der Waals surface area contributed by atoms with Crippen molar-refractivity contribution in [1.82, 2.24) is 9.78 Å². The average Bonchev–Trinajstić information content (AvgIpc) is 2.43. The summed E-state index contributed by atoms with van der Waals surface area (Å²) in [6, 6.07) is 0.